The van der Waals surface area contributed by atoms with E-state index >= 15 is 0 Å². The first-order valence-corrected chi connectivity index (χ1v) is 18.4. The first kappa shape index (κ1) is 30.0. The number of hydrogen-bond donors (Lipinski definition) is 0. The summed E-state index contributed by atoms with van der Waals surface area (Å²) in [6.45, 7) is 4.68. The van der Waals surface area contributed by atoms with Crippen molar-refractivity contribution in [3.8, 4) is 50.2 Å². The Morgan fingerprint density at radius 2 is 0.906 bits per heavy atom. The zero-order valence-corrected chi connectivity index (χ0v) is 29.6. The van der Waals surface area contributed by atoms with Crippen LogP contribution in [0.4, 0.5) is 0 Å². The fourth-order valence-electron chi connectivity index (χ4n) is 8.86. The molecule has 1 aliphatic carbocycles. The van der Waals surface area contributed by atoms with Gasteiger partial charge >= 0.3 is 0 Å². The lowest BCUT2D eigenvalue weighted by atomic mass is 9.81. The van der Waals surface area contributed by atoms with E-state index in [0.29, 0.717) is 0 Å². The molecule has 0 saturated heterocycles. The normalized spacial score (nSPS) is 13.2. The summed E-state index contributed by atoms with van der Waals surface area (Å²) in [7, 11) is 0. The smallest absolute Gasteiger partial charge is 0.135 e. The lowest BCUT2D eigenvalue weighted by molar-refractivity contribution is 0.647. The molecule has 2 nitrogen and oxygen atoms in total. The van der Waals surface area contributed by atoms with Crippen LogP contribution in [0.1, 0.15) is 25.0 Å². The SMILES string of the molecule is CC1(C)c2cc(-c3ccc(-n4c5ccc(-c6ccccc6)cc5c5cc(-c6ccccc6)ccc54)cc3)ccc2-c2cc3c(cc21)oc1ccccc13. The van der Waals surface area contributed by atoms with Gasteiger partial charge in [-0.05, 0) is 116 Å². The molecule has 0 N–H and O–H groups in total. The van der Waals surface area contributed by atoms with Crippen molar-refractivity contribution >= 4 is 43.7 Å². The third-order valence-corrected chi connectivity index (χ3v) is 11.6. The molecule has 0 atom stereocenters. The van der Waals surface area contributed by atoms with Crippen molar-refractivity contribution in [2.75, 3.05) is 0 Å². The van der Waals surface area contributed by atoms with Crippen molar-refractivity contribution in [3.05, 3.63) is 187 Å². The number of hydrogen-bond acceptors (Lipinski definition) is 1. The predicted octanol–water partition coefficient (Wildman–Crippen LogP) is 14.0. The Morgan fingerprint density at radius 3 is 1.57 bits per heavy atom. The van der Waals surface area contributed by atoms with E-state index in [1.165, 1.54) is 88.2 Å². The van der Waals surface area contributed by atoms with E-state index < -0.39 is 0 Å². The molecule has 11 rings (SSSR count). The minimum Gasteiger partial charge on any atom is -0.456 e. The maximum atomic E-state index is 6.31. The summed E-state index contributed by atoms with van der Waals surface area (Å²) in [5.74, 6) is 0. The molecule has 0 aliphatic heterocycles. The molecular formula is C51H35NO. The van der Waals surface area contributed by atoms with Crippen LogP contribution in [0.15, 0.2) is 180 Å². The molecule has 0 spiro atoms. The summed E-state index contributed by atoms with van der Waals surface area (Å²) in [4.78, 5) is 0. The molecule has 0 saturated carbocycles. The average Bonchev–Trinajstić information content (AvgIpc) is 3.82. The third-order valence-electron chi connectivity index (χ3n) is 11.6. The largest absolute Gasteiger partial charge is 0.456 e. The van der Waals surface area contributed by atoms with Crippen LogP contribution in [0.3, 0.4) is 0 Å². The number of fused-ring (bicyclic) bond motifs is 9. The van der Waals surface area contributed by atoms with Crippen LogP contribution in [0.5, 0.6) is 0 Å². The average molecular weight is 678 g/mol. The molecule has 0 amide bonds. The molecule has 53 heavy (non-hydrogen) atoms. The fourth-order valence-corrected chi connectivity index (χ4v) is 8.86. The monoisotopic (exact) mass is 677 g/mol. The molecule has 10 aromatic rings. The number of aromatic nitrogens is 1. The van der Waals surface area contributed by atoms with Crippen molar-refractivity contribution in [2.45, 2.75) is 19.3 Å². The zero-order chi connectivity index (χ0) is 35.3. The minimum atomic E-state index is -0.145. The van der Waals surface area contributed by atoms with Crippen LogP contribution in [0.2, 0.25) is 0 Å². The standard InChI is InChI=1S/C51H35NO/c1-51(2)45-29-37(19-24-39(45)41-30-44-40-15-9-10-16-49(40)53-50(44)31-46(41)51)34-17-22-38(23-18-34)52-47-25-20-35(32-11-5-3-6-12-32)27-42(47)43-28-36(21-26-48(43)52)33-13-7-4-8-14-33/h3-31H,1-2H3. The van der Waals surface area contributed by atoms with Gasteiger partial charge in [-0.1, -0.05) is 129 Å². The molecule has 0 unspecified atom stereocenters. The van der Waals surface area contributed by atoms with E-state index in [-0.39, 0.29) is 5.41 Å². The summed E-state index contributed by atoms with van der Waals surface area (Å²) in [5, 5.41) is 4.86. The van der Waals surface area contributed by atoms with Crippen LogP contribution in [0, 0.1) is 0 Å². The lowest BCUT2D eigenvalue weighted by Crippen LogP contribution is -2.15. The number of rotatable bonds is 4. The Balaban J connectivity index is 1.01. The van der Waals surface area contributed by atoms with Crippen LogP contribution in [0.25, 0.3) is 93.9 Å². The summed E-state index contributed by atoms with van der Waals surface area (Å²) >= 11 is 0. The molecule has 2 heterocycles. The van der Waals surface area contributed by atoms with E-state index in [1.807, 2.05) is 6.07 Å². The molecule has 0 fully saturated rings. The third kappa shape index (κ3) is 4.52. The molecule has 1 aliphatic rings. The maximum absolute atomic E-state index is 6.31. The van der Waals surface area contributed by atoms with E-state index in [9.17, 15) is 0 Å². The Bertz CT molecular complexity index is 2960. The van der Waals surface area contributed by atoms with Crippen molar-refractivity contribution in [2.24, 2.45) is 0 Å². The Hall–Kier alpha value is -6.64. The topological polar surface area (TPSA) is 18.1 Å². The highest BCUT2D eigenvalue weighted by atomic mass is 16.3. The lowest BCUT2D eigenvalue weighted by Gasteiger charge is -2.22. The molecule has 250 valence electrons. The van der Waals surface area contributed by atoms with Crippen LogP contribution in [-0.4, -0.2) is 4.57 Å². The summed E-state index contributed by atoms with van der Waals surface area (Å²) < 4.78 is 8.72. The summed E-state index contributed by atoms with van der Waals surface area (Å²) in [6.07, 6.45) is 0. The predicted molar refractivity (Wildman–Crippen MR) is 222 cm³/mol. The molecule has 2 heteroatoms. The van der Waals surface area contributed by atoms with E-state index in [0.717, 1.165) is 16.9 Å². The number of para-hydroxylation sites is 1. The van der Waals surface area contributed by atoms with Crippen molar-refractivity contribution in [3.63, 3.8) is 0 Å². The van der Waals surface area contributed by atoms with Gasteiger partial charge in [0, 0.05) is 32.6 Å². The Labute approximate surface area is 308 Å². The van der Waals surface area contributed by atoms with Gasteiger partial charge in [-0.25, -0.2) is 0 Å². The zero-order valence-electron chi connectivity index (χ0n) is 29.6. The molecule has 8 aromatic carbocycles. The van der Waals surface area contributed by atoms with Gasteiger partial charge < -0.3 is 8.98 Å². The minimum absolute atomic E-state index is 0.145. The van der Waals surface area contributed by atoms with Gasteiger partial charge in [0.15, 0.2) is 0 Å². The fraction of sp³-hybridized carbons (Fsp3) is 0.0588. The van der Waals surface area contributed by atoms with Crippen molar-refractivity contribution in [1.82, 2.24) is 4.57 Å². The second kappa shape index (κ2) is 11.2. The van der Waals surface area contributed by atoms with E-state index in [4.69, 9.17) is 4.42 Å². The van der Waals surface area contributed by atoms with Gasteiger partial charge in [-0.3, -0.25) is 0 Å². The highest BCUT2D eigenvalue weighted by molar-refractivity contribution is 6.12. The van der Waals surface area contributed by atoms with Crippen molar-refractivity contribution in [1.29, 1.82) is 0 Å². The molecule has 2 aromatic heterocycles. The second-order valence-corrected chi connectivity index (χ2v) is 15.0. The quantitative estimate of drug-likeness (QED) is 0.181. The van der Waals surface area contributed by atoms with Crippen LogP contribution in [-0.2, 0) is 5.41 Å². The maximum Gasteiger partial charge on any atom is 0.135 e. The van der Waals surface area contributed by atoms with E-state index in [1.54, 1.807) is 0 Å². The van der Waals surface area contributed by atoms with Crippen molar-refractivity contribution < 1.29 is 4.42 Å². The van der Waals surface area contributed by atoms with Gasteiger partial charge in [0.25, 0.3) is 0 Å². The molecular weight excluding hydrogens is 643 g/mol. The van der Waals surface area contributed by atoms with Crippen LogP contribution >= 0.6 is 0 Å². The first-order valence-electron chi connectivity index (χ1n) is 18.4. The van der Waals surface area contributed by atoms with Gasteiger partial charge in [0.1, 0.15) is 11.2 Å². The van der Waals surface area contributed by atoms with Gasteiger partial charge in [0.2, 0.25) is 0 Å². The Morgan fingerprint density at radius 1 is 0.377 bits per heavy atom. The highest BCUT2D eigenvalue weighted by Crippen LogP contribution is 2.51. The van der Waals surface area contributed by atoms with Gasteiger partial charge in [-0.15, -0.1) is 0 Å². The number of nitrogens with zero attached hydrogens (tertiary/aromatic N) is 1. The summed E-state index contributed by atoms with van der Waals surface area (Å²) in [6, 6.07) is 64.2. The van der Waals surface area contributed by atoms with Gasteiger partial charge in [0.05, 0.1) is 11.0 Å². The number of furan rings is 1. The molecule has 0 radical (unpaired) electrons. The second-order valence-electron chi connectivity index (χ2n) is 15.0. The first-order chi connectivity index (χ1) is 26.0. The number of benzene rings is 8. The summed E-state index contributed by atoms with van der Waals surface area (Å²) in [5.41, 5.74) is 17.9. The highest BCUT2D eigenvalue weighted by Gasteiger charge is 2.36. The molecule has 0 bridgehead atoms. The van der Waals surface area contributed by atoms with Crippen LogP contribution < -0.4 is 0 Å². The van der Waals surface area contributed by atoms with Gasteiger partial charge in [-0.2, -0.15) is 0 Å². The Kier molecular flexibility index (Phi) is 6.33. The van der Waals surface area contributed by atoms with E-state index in [2.05, 4.69) is 188 Å².